The minimum atomic E-state index is -4.34. The van der Waals surface area contributed by atoms with Gasteiger partial charge in [0.05, 0.1) is 6.10 Å². The summed E-state index contributed by atoms with van der Waals surface area (Å²) in [6.45, 7) is 7.47. The molecule has 0 spiro atoms. The third kappa shape index (κ3) is 4.04. The average molecular weight is 246 g/mol. The lowest BCUT2D eigenvalue weighted by molar-refractivity contribution is -0.0878. The number of halogens is 3. The Bertz CT molecular complexity index is 350. The van der Waals surface area contributed by atoms with Crippen LogP contribution in [-0.4, -0.2) is 18.9 Å². The lowest BCUT2D eigenvalue weighted by atomic mass is 10.1. The Labute approximate surface area is 99.7 Å². The zero-order valence-electron chi connectivity index (χ0n) is 10.1. The lowest BCUT2D eigenvalue weighted by Crippen LogP contribution is -2.09. The Balaban J connectivity index is 2.61. The Morgan fingerprint density at radius 1 is 1.47 bits per heavy atom. The first kappa shape index (κ1) is 14.0. The molecule has 0 saturated carbocycles. The highest BCUT2D eigenvalue weighted by Crippen LogP contribution is 2.31. The maximum atomic E-state index is 12.2. The van der Waals surface area contributed by atoms with Crippen molar-refractivity contribution in [1.29, 1.82) is 0 Å². The molecule has 0 bridgehead atoms. The van der Waals surface area contributed by atoms with Crippen LogP contribution in [0, 0.1) is 0 Å². The third-order valence-electron chi connectivity index (χ3n) is 2.78. The van der Waals surface area contributed by atoms with Gasteiger partial charge in [0.1, 0.15) is 0 Å². The fourth-order valence-electron chi connectivity index (χ4n) is 1.82. The first-order valence-electron chi connectivity index (χ1n) is 5.59. The molecule has 0 aromatic carbocycles. The van der Waals surface area contributed by atoms with Crippen LogP contribution in [0.25, 0.3) is 0 Å². The molecule has 4 heteroatoms. The summed E-state index contributed by atoms with van der Waals surface area (Å²) in [5, 5.41) is 0. The molecule has 0 saturated heterocycles. The molecule has 1 unspecified atom stereocenters. The van der Waals surface area contributed by atoms with Crippen LogP contribution in [0.1, 0.15) is 26.7 Å². The molecule has 0 aromatic heterocycles. The topological polar surface area (TPSA) is 9.23 Å². The predicted octanol–water partition coefficient (Wildman–Crippen LogP) is 4.18. The molecule has 0 aliphatic heterocycles. The van der Waals surface area contributed by atoms with E-state index in [1.54, 1.807) is 0 Å². The van der Waals surface area contributed by atoms with E-state index >= 15 is 0 Å². The summed E-state index contributed by atoms with van der Waals surface area (Å²) in [6.07, 6.45) is -0.216. The second kappa shape index (κ2) is 5.54. The van der Waals surface area contributed by atoms with Gasteiger partial charge in [0.15, 0.2) is 0 Å². The quantitative estimate of drug-likeness (QED) is 0.676. The Morgan fingerprint density at radius 3 is 2.65 bits per heavy atom. The molecule has 0 heterocycles. The van der Waals surface area contributed by atoms with Crippen LogP contribution >= 0.6 is 0 Å². The molecule has 0 radical (unpaired) electrons. The Kier molecular flexibility index (Phi) is 4.57. The molecule has 0 N–H and O–H groups in total. The summed E-state index contributed by atoms with van der Waals surface area (Å²) in [4.78, 5) is 0. The molecular weight excluding hydrogens is 229 g/mol. The zero-order valence-corrected chi connectivity index (χ0v) is 10.1. The van der Waals surface area contributed by atoms with Gasteiger partial charge in [-0.15, -0.1) is 0 Å². The summed E-state index contributed by atoms with van der Waals surface area (Å²) < 4.78 is 42.1. The summed E-state index contributed by atoms with van der Waals surface area (Å²) in [5.74, 6) is 0. The van der Waals surface area contributed by atoms with Gasteiger partial charge in [-0.3, -0.25) is 0 Å². The normalized spacial score (nSPS) is 21.6. The van der Waals surface area contributed by atoms with Crippen LogP contribution in [0.15, 0.2) is 35.5 Å². The van der Waals surface area contributed by atoms with Gasteiger partial charge in [-0.2, -0.15) is 13.2 Å². The summed E-state index contributed by atoms with van der Waals surface area (Å²) in [6, 6.07) is 0. The second-order valence-corrected chi connectivity index (χ2v) is 4.15. The smallest absolute Gasteiger partial charge is 0.378 e. The number of ether oxygens (including phenoxy) is 1. The van der Waals surface area contributed by atoms with Crippen molar-refractivity contribution in [3.05, 3.63) is 35.5 Å². The molecule has 96 valence electrons. The number of hydrogen-bond donors (Lipinski definition) is 0. The van der Waals surface area contributed by atoms with Crippen molar-refractivity contribution in [3.8, 4) is 0 Å². The molecule has 0 amide bonds. The van der Waals surface area contributed by atoms with E-state index in [1.165, 1.54) is 6.08 Å². The molecule has 17 heavy (non-hydrogen) atoms. The van der Waals surface area contributed by atoms with Crippen LogP contribution in [0.5, 0.6) is 0 Å². The number of hydrogen-bond acceptors (Lipinski definition) is 1. The van der Waals surface area contributed by atoms with Crippen molar-refractivity contribution >= 4 is 0 Å². The number of allylic oxidation sites excluding steroid dienone is 3. The van der Waals surface area contributed by atoms with Crippen molar-refractivity contribution in [2.45, 2.75) is 39.0 Å². The predicted molar refractivity (Wildman–Crippen MR) is 61.7 cm³/mol. The second-order valence-electron chi connectivity index (χ2n) is 4.15. The van der Waals surface area contributed by atoms with Crippen LogP contribution in [0.2, 0.25) is 0 Å². The maximum Gasteiger partial charge on any atom is 0.415 e. The fourth-order valence-corrected chi connectivity index (χ4v) is 1.82. The average Bonchev–Trinajstić information content (AvgIpc) is 2.54. The van der Waals surface area contributed by atoms with E-state index in [-0.39, 0.29) is 6.10 Å². The van der Waals surface area contributed by atoms with Crippen LogP contribution in [0.4, 0.5) is 13.2 Å². The van der Waals surface area contributed by atoms with E-state index in [4.69, 9.17) is 4.74 Å². The summed E-state index contributed by atoms with van der Waals surface area (Å²) in [7, 11) is 0. The number of rotatable bonds is 4. The van der Waals surface area contributed by atoms with Gasteiger partial charge in [-0.25, -0.2) is 0 Å². The van der Waals surface area contributed by atoms with Gasteiger partial charge < -0.3 is 4.74 Å². The third-order valence-corrected chi connectivity index (χ3v) is 2.78. The number of alkyl halides is 3. The van der Waals surface area contributed by atoms with Crippen molar-refractivity contribution in [1.82, 2.24) is 0 Å². The highest BCUT2D eigenvalue weighted by atomic mass is 19.4. The molecule has 0 aromatic rings. The molecule has 1 aliphatic rings. The van der Waals surface area contributed by atoms with Crippen LogP contribution in [-0.2, 0) is 4.74 Å². The molecule has 1 nitrogen and oxygen atoms in total. The molecular formula is C13H17F3O. The summed E-state index contributed by atoms with van der Waals surface area (Å²) in [5.41, 5.74) is 1.20. The van der Waals surface area contributed by atoms with Gasteiger partial charge in [0, 0.05) is 12.2 Å². The fraction of sp³-hybridized carbons (Fsp3) is 0.538. The monoisotopic (exact) mass is 246 g/mol. The van der Waals surface area contributed by atoms with E-state index in [2.05, 4.69) is 6.58 Å². The van der Waals surface area contributed by atoms with Gasteiger partial charge >= 0.3 is 6.18 Å². The van der Waals surface area contributed by atoms with Gasteiger partial charge in [0.2, 0.25) is 0 Å². The lowest BCUT2D eigenvalue weighted by Gasteiger charge is -2.09. The minimum Gasteiger partial charge on any atom is -0.378 e. The van der Waals surface area contributed by atoms with Crippen molar-refractivity contribution in [2.75, 3.05) is 6.61 Å². The zero-order chi connectivity index (χ0) is 13.1. The van der Waals surface area contributed by atoms with Crippen LogP contribution in [0.3, 0.4) is 0 Å². The molecule has 1 rings (SSSR count). The Morgan fingerprint density at radius 2 is 2.12 bits per heavy atom. The van der Waals surface area contributed by atoms with E-state index in [0.717, 1.165) is 23.6 Å². The highest BCUT2D eigenvalue weighted by molar-refractivity contribution is 5.35. The van der Waals surface area contributed by atoms with Gasteiger partial charge in [-0.05, 0) is 32.3 Å². The Hall–Kier alpha value is -1.03. The summed E-state index contributed by atoms with van der Waals surface area (Å²) >= 11 is 0. The molecule has 1 aliphatic carbocycles. The first-order valence-corrected chi connectivity index (χ1v) is 5.59. The molecule has 0 fully saturated rings. The standard InChI is InChI=1S/C13H17F3O/c1-4-17-12-7-9(2)11(8-12)6-5-10(3)13(14,15)16/h5-6,12H,3-4,7-8H2,1-2H3/b6-5-. The SMILES string of the molecule is C=C(/C=C\C1=C(C)CC(OCC)C1)C(F)(F)F. The van der Waals surface area contributed by atoms with E-state index < -0.39 is 11.7 Å². The first-order chi connectivity index (χ1) is 7.84. The van der Waals surface area contributed by atoms with Crippen molar-refractivity contribution < 1.29 is 17.9 Å². The van der Waals surface area contributed by atoms with E-state index in [0.29, 0.717) is 13.0 Å². The van der Waals surface area contributed by atoms with Crippen molar-refractivity contribution in [3.63, 3.8) is 0 Å². The minimum absolute atomic E-state index is 0.110. The van der Waals surface area contributed by atoms with Crippen LogP contribution < -0.4 is 0 Å². The van der Waals surface area contributed by atoms with Crippen molar-refractivity contribution in [2.24, 2.45) is 0 Å². The molecule has 1 atom stereocenters. The maximum absolute atomic E-state index is 12.2. The van der Waals surface area contributed by atoms with E-state index in [9.17, 15) is 13.2 Å². The van der Waals surface area contributed by atoms with Gasteiger partial charge in [-0.1, -0.05) is 24.3 Å². The highest BCUT2D eigenvalue weighted by Gasteiger charge is 2.30. The van der Waals surface area contributed by atoms with E-state index in [1.807, 2.05) is 13.8 Å². The largest absolute Gasteiger partial charge is 0.415 e. The van der Waals surface area contributed by atoms with Gasteiger partial charge in [0.25, 0.3) is 0 Å².